The molecule has 31 heavy (non-hydrogen) atoms. The van der Waals surface area contributed by atoms with Gasteiger partial charge in [0.15, 0.2) is 0 Å². The molecule has 0 spiro atoms. The molecule has 0 fully saturated rings. The van der Waals surface area contributed by atoms with Gasteiger partial charge in [0, 0.05) is 23.6 Å². The maximum absolute atomic E-state index is 13.0. The van der Waals surface area contributed by atoms with E-state index in [0.29, 0.717) is 27.9 Å². The van der Waals surface area contributed by atoms with Gasteiger partial charge in [0.05, 0.1) is 19.2 Å². The van der Waals surface area contributed by atoms with Crippen molar-refractivity contribution in [3.05, 3.63) is 53.2 Å². The first-order valence-electron chi connectivity index (χ1n) is 9.84. The molecule has 0 radical (unpaired) electrons. The number of aromatic nitrogens is 1. The fraction of sp³-hybridized carbons (Fsp3) is 0.304. The van der Waals surface area contributed by atoms with E-state index >= 15 is 0 Å². The molecule has 2 aromatic carbocycles. The van der Waals surface area contributed by atoms with E-state index < -0.39 is 6.04 Å². The Labute approximate surface area is 186 Å². The van der Waals surface area contributed by atoms with E-state index in [1.807, 2.05) is 39.1 Å². The number of benzene rings is 2. The summed E-state index contributed by atoms with van der Waals surface area (Å²) in [6, 6.07) is 11.6. The van der Waals surface area contributed by atoms with Crippen molar-refractivity contribution < 1.29 is 19.1 Å². The lowest BCUT2D eigenvalue weighted by molar-refractivity contribution is -0.118. The van der Waals surface area contributed by atoms with Crippen molar-refractivity contribution in [2.45, 2.75) is 19.9 Å². The average Bonchev–Trinajstić information content (AvgIpc) is 3.07. The monoisotopic (exact) mass is 443 g/mol. The highest BCUT2D eigenvalue weighted by molar-refractivity contribution is 6.32. The third-order valence-electron chi connectivity index (χ3n) is 5.14. The molecule has 0 bridgehead atoms. The molecule has 1 aromatic heterocycles. The fourth-order valence-corrected chi connectivity index (χ4v) is 3.64. The number of nitrogens with zero attached hydrogens (tertiary/aromatic N) is 1. The van der Waals surface area contributed by atoms with Crippen LogP contribution in [0.1, 0.15) is 24.3 Å². The first kappa shape index (κ1) is 22.5. The van der Waals surface area contributed by atoms with E-state index in [1.54, 1.807) is 35.9 Å². The van der Waals surface area contributed by atoms with Crippen LogP contribution in [0.2, 0.25) is 5.02 Å². The molecule has 2 N–H and O–H groups in total. The number of hydrogen-bond acceptors (Lipinski definition) is 4. The van der Waals surface area contributed by atoms with Crippen molar-refractivity contribution in [2.75, 3.05) is 19.5 Å². The number of rotatable bonds is 7. The summed E-state index contributed by atoms with van der Waals surface area (Å²) in [6.07, 6.45) is 0. The van der Waals surface area contributed by atoms with E-state index in [-0.39, 0.29) is 17.7 Å². The fourth-order valence-electron chi connectivity index (χ4n) is 3.39. The Bertz CT molecular complexity index is 1120. The zero-order chi connectivity index (χ0) is 22.7. The van der Waals surface area contributed by atoms with Crippen LogP contribution in [0, 0.1) is 5.92 Å². The Morgan fingerprint density at radius 2 is 1.77 bits per heavy atom. The zero-order valence-corrected chi connectivity index (χ0v) is 18.9. The Balaban J connectivity index is 1.80. The largest absolute Gasteiger partial charge is 0.497 e. The van der Waals surface area contributed by atoms with Gasteiger partial charge in [-0.1, -0.05) is 25.4 Å². The second kappa shape index (κ2) is 9.31. The molecular weight excluding hydrogens is 418 g/mol. The minimum absolute atomic E-state index is 0.132. The molecule has 0 aliphatic carbocycles. The van der Waals surface area contributed by atoms with Gasteiger partial charge in [0.25, 0.3) is 5.91 Å². The number of halogens is 1. The standard InChI is InChI=1S/C23H26ClN3O4/c1-13(2)21(23(29)25-15-6-9-20(31-5)17(24)12-15)26-22(28)19-11-14-10-16(30-4)7-8-18(14)27(19)3/h6-13,21H,1-5H3,(H,25,29)(H,26,28)/t21-/m0/s1. The summed E-state index contributed by atoms with van der Waals surface area (Å²) in [5.41, 5.74) is 1.87. The van der Waals surface area contributed by atoms with E-state index in [4.69, 9.17) is 21.1 Å². The number of fused-ring (bicyclic) bond motifs is 1. The van der Waals surface area contributed by atoms with E-state index in [1.165, 1.54) is 7.11 Å². The Morgan fingerprint density at radius 3 is 2.39 bits per heavy atom. The predicted molar refractivity (Wildman–Crippen MR) is 122 cm³/mol. The maximum atomic E-state index is 13.0. The van der Waals surface area contributed by atoms with Crippen molar-refractivity contribution in [2.24, 2.45) is 13.0 Å². The quantitative estimate of drug-likeness (QED) is 0.572. The lowest BCUT2D eigenvalue weighted by Crippen LogP contribution is -2.47. The number of amides is 2. The highest BCUT2D eigenvalue weighted by Gasteiger charge is 2.26. The van der Waals surface area contributed by atoms with Crippen LogP contribution in [0.5, 0.6) is 11.5 Å². The number of carbonyl (C=O) groups is 2. The van der Waals surface area contributed by atoms with Crippen LogP contribution in [0.25, 0.3) is 10.9 Å². The van der Waals surface area contributed by atoms with Gasteiger partial charge in [-0.3, -0.25) is 9.59 Å². The van der Waals surface area contributed by atoms with E-state index in [9.17, 15) is 9.59 Å². The molecule has 1 atom stereocenters. The number of aryl methyl sites for hydroxylation is 1. The summed E-state index contributed by atoms with van der Waals surface area (Å²) in [5, 5.41) is 6.94. The molecule has 3 aromatic rings. The van der Waals surface area contributed by atoms with Crippen LogP contribution in [-0.4, -0.2) is 36.6 Å². The third kappa shape index (κ3) is 4.77. The summed E-state index contributed by atoms with van der Waals surface area (Å²) >= 11 is 6.14. The Morgan fingerprint density at radius 1 is 1.03 bits per heavy atom. The molecule has 0 saturated heterocycles. The predicted octanol–water partition coefficient (Wildman–Crippen LogP) is 4.24. The molecule has 0 saturated carbocycles. The number of hydrogen-bond donors (Lipinski definition) is 2. The minimum Gasteiger partial charge on any atom is -0.497 e. The first-order valence-corrected chi connectivity index (χ1v) is 10.2. The summed E-state index contributed by atoms with van der Waals surface area (Å²) in [4.78, 5) is 25.9. The Kier molecular flexibility index (Phi) is 6.75. The van der Waals surface area contributed by atoms with Crippen LogP contribution >= 0.6 is 11.6 Å². The number of methoxy groups -OCH3 is 2. The number of ether oxygens (including phenoxy) is 2. The normalized spacial score (nSPS) is 12.0. The van der Waals surface area contributed by atoms with Gasteiger partial charge in [-0.2, -0.15) is 0 Å². The van der Waals surface area contributed by atoms with Crippen LogP contribution in [0.4, 0.5) is 5.69 Å². The van der Waals surface area contributed by atoms with Crippen molar-refractivity contribution in [3.63, 3.8) is 0 Å². The second-order valence-electron chi connectivity index (χ2n) is 7.55. The molecule has 3 rings (SSSR count). The summed E-state index contributed by atoms with van der Waals surface area (Å²) in [6.45, 7) is 3.75. The summed E-state index contributed by atoms with van der Waals surface area (Å²) < 4.78 is 12.2. The van der Waals surface area contributed by atoms with E-state index in [0.717, 1.165) is 10.9 Å². The molecule has 0 aliphatic heterocycles. The molecule has 8 heteroatoms. The molecule has 7 nitrogen and oxygen atoms in total. The lowest BCUT2D eigenvalue weighted by atomic mass is 10.0. The second-order valence-corrected chi connectivity index (χ2v) is 7.95. The van der Waals surface area contributed by atoms with Gasteiger partial charge in [-0.15, -0.1) is 0 Å². The highest BCUT2D eigenvalue weighted by atomic mass is 35.5. The van der Waals surface area contributed by atoms with Crippen molar-refractivity contribution in [1.82, 2.24) is 9.88 Å². The Hall–Kier alpha value is -3.19. The molecule has 0 aliphatic rings. The van der Waals surface area contributed by atoms with Crippen LogP contribution in [-0.2, 0) is 11.8 Å². The smallest absolute Gasteiger partial charge is 0.268 e. The molecular formula is C23H26ClN3O4. The summed E-state index contributed by atoms with van der Waals surface area (Å²) in [7, 11) is 4.93. The van der Waals surface area contributed by atoms with Gasteiger partial charge < -0.3 is 24.7 Å². The van der Waals surface area contributed by atoms with E-state index in [2.05, 4.69) is 10.6 Å². The summed E-state index contributed by atoms with van der Waals surface area (Å²) in [5.74, 6) is 0.431. The number of carbonyl (C=O) groups excluding carboxylic acids is 2. The number of nitrogens with one attached hydrogen (secondary N) is 2. The van der Waals surface area contributed by atoms with Gasteiger partial charge in [-0.05, 0) is 48.4 Å². The van der Waals surface area contributed by atoms with Gasteiger partial charge in [0.2, 0.25) is 5.91 Å². The van der Waals surface area contributed by atoms with Crippen molar-refractivity contribution in [3.8, 4) is 11.5 Å². The van der Waals surface area contributed by atoms with Crippen LogP contribution in [0.3, 0.4) is 0 Å². The topological polar surface area (TPSA) is 81.6 Å². The maximum Gasteiger partial charge on any atom is 0.268 e. The van der Waals surface area contributed by atoms with Crippen molar-refractivity contribution >= 4 is 40.0 Å². The highest BCUT2D eigenvalue weighted by Crippen LogP contribution is 2.27. The SMILES string of the molecule is COc1ccc2c(c1)cc(C(=O)N[C@H](C(=O)Nc1ccc(OC)c(Cl)c1)C(C)C)n2C. The average molecular weight is 444 g/mol. The first-order chi connectivity index (χ1) is 14.7. The van der Waals surface area contributed by atoms with Gasteiger partial charge in [0.1, 0.15) is 23.2 Å². The van der Waals surface area contributed by atoms with Crippen molar-refractivity contribution in [1.29, 1.82) is 0 Å². The lowest BCUT2D eigenvalue weighted by Gasteiger charge is -2.22. The molecule has 164 valence electrons. The molecule has 1 heterocycles. The third-order valence-corrected chi connectivity index (χ3v) is 5.43. The van der Waals surface area contributed by atoms with Crippen LogP contribution in [0.15, 0.2) is 42.5 Å². The van der Waals surface area contributed by atoms with Gasteiger partial charge >= 0.3 is 0 Å². The minimum atomic E-state index is -0.735. The number of anilines is 1. The molecule has 2 amide bonds. The van der Waals surface area contributed by atoms with Crippen LogP contribution < -0.4 is 20.1 Å². The molecule has 0 unspecified atom stereocenters. The zero-order valence-electron chi connectivity index (χ0n) is 18.2. The van der Waals surface area contributed by atoms with Gasteiger partial charge in [-0.25, -0.2) is 0 Å².